The maximum atomic E-state index is 13.1. The van der Waals surface area contributed by atoms with Crippen molar-refractivity contribution in [2.24, 2.45) is 4.99 Å². The molecular formula is C17H10F5N3O3. The maximum absolute atomic E-state index is 13.1. The number of nitrogens with two attached hydrogens (primary N) is 1. The lowest BCUT2D eigenvalue weighted by atomic mass is 10.1. The van der Waals surface area contributed by atoms with Crippen molar-refractivity contribution in [2.45, 2.75) is 18.9 Å². The van der Waals surface area contributed by atoms with E-state index >= 15 is 0 Å². The molecule has 3 N–H and O–H groups in total. The molecule has 0 bridgehead atoms. The van der Waals surface area contributed by atoms with E-state index in [1.807, 2.05) is 0 Å². The number of nitrogens with one attached hydrogen (secondary N) is 1. The average molecular weight is 399 g/mol. The molecule has 11 heteroatoms. The molecule has 2 aromatic rings. The average Bonchev–Trinajstić information content (AvgIpc) is 3.08. The lowest BCUT2D eigenvalue weighted by molar-refractivity contribution is -0.286. The molecule has 146 valence electrons. The SMILES string of the molecule is Nc1ccc(C(=O)NC2=Nc3cc4c(cc3C2)OC(F)(F)O4)cc1C(F)(F)F. The Kier molecular flexibility index (Phi) is 3.74. The normalized spacial score (nSPS) is 16.5. The van der Waals surface area contributed by atoms with Gasteiger partial charge in [-0.05, 0) is 29.8 Å². The molecule has 0 aliphatic carbocycles. The molecule has 28 heavy (non-hydrogen) atoms. The molecule has 0 spiro atoms. The number of anilines is 1. The Bertz CT molecular complexity index is 1030. The fourth-order valence-electron chi connectivity index (χ4n) is 2.86. The van der Waals surface area contributed by atoms with E-state index in [9.17, 15) is 26.7 Å². The fourth-order valence-corrected chi connectivity index (χ4v) is 2.86. The molecule has 2 heterocycles. The summed E-state index contributed by atoms with van der Waals surface area (Å²) < 4.78 is 73.6. The van der Waals surface area contributed by atoms with Crippen LogP contribution in [0.3, 0.4) is 0 Å². The van der Waals surface area contributed by atoms with E-state index in [2.05, 4.69) is 19.8 Å². The number of aliphatic imine (C=N–C) groups is 1. The minimum absolute atomic E-state index is 0.0738. The van der Waals surface area contributed by atoms with E-state index in [-0.39, 0.29) is 35.0 Å². The highest BCUT2D eigenvalue weighted by Gasteiger charge is 2.44. The summed E-state index contributed by atoms with van der Waals surface area (Å²) in [6.45, 7) is 0. The van der Waals surface area contributed by atoms with Crippen LogP contribution in [0.1, 0.15) is 21.5 Å². The summed E-state index contributed by atoms with van der Waals surface area (Å²) in [6, 6.07) is 5.32. The molecule has 0 saturated carbocycles. The van der Waals surface area contributed by atoms with Gasteiger partial charge in [-0.25, -0.2) is 4.99 Å². The van der Waals surface area contributed by atoms with Crippen molar-refractivity contribution in [1.82, 2.24) is 5.32 Å². The summed E-state index contributed by atoms with van der Waals surface area (Å²) in [4.78, 5) is 16.4. The summed E-state index contributed by atoms with van der Waals surface area (Å²) >= 11 is 0. The van der Waals surface area contributed by atoms with Crippen LogP contribution in [-0.2, 0) is 12.6 Å². The Labute approximate surface area is 153 Å². The molecule has 0 radical (unpaired) electrons. The van der Waals surface area contributed by atoms with Gasteiger partial charge in [-0.15, -0.1) is 8.78 Å². The molecule has 2 aromatic carbocycles. The summed E-state index contributed by atoms with van der Waals surface area (Å²) in [5, 5.41) is 2.40. The van der Waals surface area contributed by atoms with Crippen LogP contribution in [0.4, 0.5) is 33.3 Å². The topological polar surface area (TPSA) is 85.9 Å². The van der Waals surface area contributed by atoms with Gasteiger partial charge in [0.15, 0.2) is 11.5 Å². The summed E-state index contributed by atoms with van der Waals surface area (Å²) in [5.41, 5.74) is 4.20. The molecule has 4 rings (SSSR count). The van der Waals surface area contributed by atoms with Crippen LogP contribution in [0.2, 0.25) is 0 Å². The van der Waals surface area contributed by atoms with Crippen LogP contribution in [-0.4, -0.2) is 18.0 Å². The van der Waals surface area contributed by atoms with Gasteiger partial charge in [0, 0.05) is 23.7 Å². The predicted molar refractivity (Wildman–Crippen MR) is 86.8 cm³/mol. The highest BCUT2D eigenvalue weighted by atomic mass is 19.4. The number of ether oxygens (including phenoxy) is 2. The number of carbonyl (C=O) groups excluding carboxylic acids is 1. The van der Waals surface area contributed by atoms with Crippen molar-refractivity contribution in [2.75, 3.05) is 5.73 Å². The number of alkyl halides is 5. The van der Waals surface area contributed by atoms with Gasteiger partial charge in [0.2, 0.25) is 0 Å². The van der Waals surface area contributed by atoms with Crippen molar-refractivity contribution >= 4 is 23.1 Å². The molecular weight excluding hydrogens is 389 g/mol. The van der Waals surface area contributed by atoms with Gasteiger partial charge < -0.3 is 20.5 Å². The number of carbonyl (C=O) groups is 1. The van der Waals surface area contributed by atoms with Crippen LogP contribution in [0.15, 0.2) is 35.3 Å². The second-order valence-corrected chi connectivity index (χ2v) is 6.08. The van der Waals surface area contributed by atoms with Crippen molar-refractivity contribution < 1.29 is 36.2 Å². The van der Waals surface area contributed by atoms with Crippen molar-refractivity contribution in [3.63, 3.8) is 0 Å². The number of nitrogen functional groups attached to an aromatic ring is 1. The first-order valence-electron chi connectivity index (χ1n) is 7.80. The first kappa shape index (κ1) is 18.0. The van der Waals surface area contributed by atoms with E-state index in [0.717, 1.165) is 12.1 Å². The molecule has 0 unspecified atom stereocenters. The number of benzene rings is 2. The maximum Gasteiger partial charge on any atom is 0.586 e. The van der Waals surface area contributed by atoms with Gasteiger partial charge in [-0.2, -0.15) is 13.2 Å². The minimum atomic E-state index is -4.70. The van der Waals surface area contributed by atoms with Crippen LogP contribution >= 0.6 is 0 Å². The van der Waals surface area contributed by atoms with E-state index in [1.54, 1.807) is 0 Å². The summed E-state index contributed by atoms with van der Waals surface area (Å²) in [7, 11) is 0. The Morgan fingerprint density at radius 3 is 2.50 bits per heavy atom. The quantitative estimate of drug-likeness (QED) is 0.567. The Hall–Kier alpha value is -3.37. The number of hydrogen-bond donors (Lipinski definition) is 2. The van der Waals surface area contributed by atoms with Gasteiger partial charge in [0.1, 0.15) is 5.84 Å². The lowest BCUT2D eigenvalue weighted by Gasteiger charge is -2.11. The van der Waals surface area contributed by atoms with Gasteiger partial charge in [0.05, 0.1) is 11.3 Å². The van der Waals surface area contributed by atoms with Crippen LogP contribution in [0, 0.1) is 0 Å². The van der Waals surface area contributed by atoms with E-state index in [4.69, 9.17) is 5.73 Å². The number of amidine groups is 1. The van der Waals surface area contributed by atoms with Crippen LogP contribution in [0.5, 0.6) is 11.5 Å². The molecule has 0 saturated heterocycles. The zero-order valence-corrected chi connectivity index (χ0v) is 13.7. The second-order valence-electron chi connectivity index (χ2n) is 6.08. The minimum Gasteiger partial charge on any atom is -0.398 e. The zero-order valence-electron chi connectivity index (χ0n) is 13.7. The zero-order chi connectivity index (χ0) is 20.3. The van der Waals surface area contributed by atoms with Crippen molar-refractivity contribution in [1.29, 1.82) is 0 Å². The lowest BCUT2D eigenvalue weighted by Crippen LogP contribution is -2.30. The third-order valence-corrected chi connectivity index (χ3v) is 4.09. The van der Waals surface area contributed by atoms with Crippen molar-refractivity contribution in [3.8, 4) is 11.5 Å². The first-order valence-corrected chi connectivity index (χ1v) is 7.80. The highest BCUT2D eigenvalue weighted by Crippen LogP contribution is 2.45. The molecule has 2 aliphatic heterocycles. The third-order valence-electron chi connectivity index (χ3n) is 4.09. The number of halogens is 5. The first-order chi connectivity index (χ1) is 13.0. The predicted octanol–water partition coefficient (Wildman–Crippen LogP) is 3.63. The fraction of sp³-hybridized carbons (Fsp3) is 0.176. The standard InChI is InChI=1S/C17H10F5N3O3/c18-16(19,20)9-3-7(1-2-10(9)23)15(26)25-14-5-8-4-12-13(6-11(8)24-14)28-17(21,22)27-12/h1-4,6H,5,23H2,(H,24,25,26). The monoisotopic (exact) mass is 399 g/mol. The van der Waals surface area contributed by atoms with Crippen LogP contribution in [0.25, 0.3) is 0 Å². The second kappa shape index (κ2) is 5.81. The summed E-state index contributed by atoms with van der Waals surface area (Å²) in [5.74, 6) is -1.04. The molecule has 6 nitrogen and oxygen atoms in total. The molecule has 0 atom stereocenters. The Morgan fingerprint density at radius 2 is 1.82 bits per heavy atom. The summed E-state index contributed by atoms with van der Waals surface area (Å²) in [6.07, 6.45) is -8.39. The smallest absolute Gasteiger partial charge is 0.398 e. The largest absolute Gasteiger partial charge is 0.586 e. The number of hydrogen-bond acceptors (Lipinski definition) is 5. The number of nitrogens with zero attached hydrogens (tertiary/aromatic N) is 1. The van der Waals surface area contributed by atoms with Crippen molar-refractivity contribution in [3.05, 3.63) is 47.0 Å². The van der Waals surface area contributed by atoms with Crippen LogP contribution < -0.4 is 20.5 Å². The highest BCUT2D eigenvalue weighted by molar-refractivity contribution is 6.09. The van der Waals surface area contributed by atoms with E-state index < -0.39 is 29.6 Å². The Morgan fingerprint density at radius 1 is 1.14 bits per heavy atom. The molecule has 1 amide bonds. The van der Waals surface area contributed by atoms with E-state index in [0.29, 0.717) is 11.6 Å². The van der Waals surface area contributed by atoms with Gasteiger partial charge in [-0.3, -0.25) is 4.79 Å². The molecule has 0 aromatic heterocycles. The number of rotatable bonds is 1. The van der Waals surface area contributed by atoms with Gasteiger partial charge in [0.25, 0.3) is 5.91 Å². The molecule has 0 fully saturated rings. The number of fused-ring (bicyclic) bond motifs is 2. The number of amides is 1. The van der Waals surface area contributed by atoms with Gasteiger partial charge in [-0.1, -0.05) is 0 Å². The van der Waals surface area contributed by atoms with E-state index in [1.165, 1.54) is 12.1 Å². The third kappa shape index (κ3) is 3.19. The van der Waals surface area contributed by atoms with Gasteiger partial charge >= 0.3 is 12.5 Å². The molecule has 2 aliphatic rings. The Balaban J connectivity index is 1.53.